The maximum absolute atomic E-state index is 13.8. The van der Waals surface area contributed by atoms with Crippen molar-refractivity contribution in [1.29, 1.82) is 0 Å². The molecule has 0 aliphatic heterocycles. The molecular formula is C27H30N2O4S2. The molecule has 184 valence electrons. The predicted molar refractivity (Wildman–Crippen MR) is 136 cm³/mol. The van der Waals surface area contributed by atoms with Crippen molar-refractivity contribution in [3.8, 4) is 11.5 Å². The number of rotatable bonds is 7. The highest BCUT2D eigenvalue weighted by Crippen LogP contribution is 2.60. The summed E-state index contributed by atoms with van der Waals surface area (Å²) in [5, 5.41) is 12.3. The lowest BCUT2D eigenvalue weighted by Gasteiger charge is -2.56. The van der Waals surface area contributed by atoms with E-state index in [2.05, 4.69) is 5.38 Å². The van der Waals surface area contributed by atoms with Gasteiger partial charge in [-0.2, -0.15) is 0 Å². The van der Waals surface area contributed by atoms with Crippen LogP contribution in [0.4, 0.5) is 5.13 Å². The molecule has 4 saturated carbocycles. The topological polar surface area (TPSA) is 79.7 Å². The Morgan fingerprint density at radius 2 is 1.60 bits per heavy atom. The Bertz CT molecular complexity index is 1280. The van der Waals surface area contributed by atoms with Crippen LogP contribution in [0, 0.1) is 17.8 Å². The first-order chi connectivity index (χ1) is 16.8. The van der Waals surface area contributed by atoms with Gasteiger partial charge in [0, 0.05) is 10.8 Å². The standard InChI is InChI=1S/C27H30N2O4S2/c1-33-23-6-2-18(3-7-23)16-29(35(31,32)24-8-4-22(30)5-9-24)26-28-25(17-34-26)27-13-19-10-20(14-27)12-21(11-19)15-27/h2-9,17,19-21,30H,10-16H2,1H3. The molecule has 1 heterocycles. The van der Waals surface area contributed by atoms with Crippen LogP contribution >= 0.6 is 11.3 Å². The van der Waals surface area contributed by atoms with Gasteiger partial charge in [-0.3, -0.25) is 0 Å². The highest BCUT2D eigenvalue weighted by molar-refractivity contribution is 7.93. The van der Waals surface area contributed by atoms with Crippen LogP contribution < -0.4 is 9.04 Å². The van der Waals surface area contributed by atoms with Gasteiger partial charge in [-0.25, -0.2) is 17.7 Å². The van der Waals surface area contributed by atoms with Crippen LogP contribution in [0.25, 0.3) is 0 Å². The molecule has 0 radical (unpaired) electrons. The lowest BCUT2D eigenvalue weighted by Crippen LogP contribution is -2.48. The highest BCUT2D eigenvalue weighted by atomic mass is 32.2. The smallest absolute Gasteiger partial charge is 0.266 e. The molecule has 0 spiro atoms. The number of sulfonamides is 1. The van der Waals surface area contributed by atoms with E-state index < -0.39 is 10.0 Å². The largest absolute Gasteiger partial charge is 0.508 e. The summed E-state index contributed by atoms with van der Waals surface area (Å²) in [5.41, 5.74) is 2.04. The summed E-state index contributed by atoms with van der Waals surface area (Å²) >= 11 is 1.42. The Hall–Kier alpha value is -2.58. The summed E-state index contributed by atoms with van der Waals surface area (Å²) < 4.78 is 34.3. The molecule has 0 unspecified atom stereocenters. The first kappa shape index (κ1) is 22.9. The molecule has 1 N–H and O–H groups in total. The highest BCUT2D eigenvalue weighted by Gasteiger charge is 2.52. The van der Waals surface area contributed by atoms with E-state index in [0.29, 0.717) is 5.13 Å². The summed E-state index contributed by atoms with van der Waals surface area (Å²) in [6, 6.07) is 13.1. The van der Waals surface area contributed by atoms with Gasteiger partial charge in [0.1, 0.15) is 11.5 Å². The second-order valence-corrected chi connectivity index (χ2v) is 13.3. The van der Waals surface area contributed by atoms with Crippen LogP contribution in [-0.2, 0) is 22.0 Å². The average molecular weight is 511 g/mol. The molecule has 1 aromatic heterocycles. The number of hydrogen-bond acceptors (Lipinski definition) is 6. The van der Waals surface area contributed by atoms with Crippen LogP contribution in [-0.4, -0.2) is 25.6 Å². The third-order valence-electron chi connectivity index (χ3n) is 8.20. The Kier molecular flexibility index (Phi) is 5.56. The van der Waals surface area contributed by atoms with E-state index in [1.54, 1.807) is 7.11 Å². The molecule has 8 heteroatoms. The average Bonchev–Trinajstić information content (AvgIpc) is 3.33. The van der Waals surface area contributed by atoms with Gasteiger partial charge < -0.3 is 9.84 Å². The molecule has 4 fully saturated rings. The van der Waals surface area contributed by atoms with Crippen LogP contribution in [0.1, 0.15) is 49.8 Å². The first-order valence-corrected chi connectivity index (χ1v) is 14.6. The quantitative estimate of drug-likeness (QED) is 0.440. The number of benzene rings is 2. The predicted octanol–water partition coefficient (Wildman–Crippen LogP) is 5.72. The molecule has 0 amide bonds. The summed E-state index contributed by atoms with van der Waals surface area (Å²) in [7, 11) is -2.28. The third-order valence-corrected chi connectivity index (χ3v) is 10.9. The molecule has 2 aromatic carbocycles. The van der Waals surface area contributed by atoms with Crippen molar-refractivity contribution in [3.05, 3.63) is 65.2 Å². The lowest BCUT2D eigenvalue weighted by atomic mass is 9.49. The zero-order valence-electron chi connectivity index (χ0n) is 19.8. The zero-order valence-corrected chi connectivity index (χ0v) is 21.4. The molecule has 35 heavy (non-hydrogen) atoms. The van der Waals surface area contributed by atoms with Crippen molar-refractivity contribution < 1.29 is 18.3 Å². The normalized spacial score (nSPS) is 27.2. The summed E-state index contributed by atoms with van der Waals surface area (Å²) in [5.74, 6) is 3.14. The van der Waals surface area contributed by atoms with Crippen molar-refractivity contribution in [2.45, 2.75) is 55.4 Å². The van der Waals surface area contributed by atoms with Crippen LogP contribution in [0.5, 0.6) is 11.5 Å². The maximum Gasteiger partial charge on any atom is 0.266 e. The second-order valence-electron chi connectivity index (χ2n) is 10.6. The van der Waals surface area contributed by atoms with Gasteiger partial charge in [0.25, 0.3) is 10.0 Å². The van der Waals surface area contributed by atoms with E-state index in [9.17, 15) is 13.5 Å². The SMILES string of the molecule is COc1ccc(CN(c2nc(C34CC5CC(CC(C5)C3)C4)cs2)S(=O)(=O)c2ccc(O)cc2)cc1. The van der Waals surface area contributed by atoms with E-state index in [1.807, 2.05) is 24.3 Å². The maximum atomic E-state index is 13.8. The van der Waals surface area contributed by atoms with Crippen molar-refractivity contribution >= 4 is 26.5 Å². The van der Waals surface area contributed by atoms with Crippen LogP contribution in [0.2, 0.25) is 0 Å². The minimum Gasteiger partial charge on any atom is -0.508 e. The fourth-order valence-electron chi connectivity index (χ4n) is 6.94. The molecule has 4 aliphatic rings. The van der Waals surface area contributed by atoms with E-state index in [1.165, 1.54) is 78.4 Å². The van der Waals surface area contributed by atoms with Gasteiger partial charge in [0.05, 0.1) is 24.2 Å². The van der Waals surface area contributed by atoms with E-state index in [4.69, 9.17) is 9.72 Å². The molecule has 4 aliphatic carbocycles. The number of phenols is 1. The fourth-order valence-corrected chi connectivity index (χ4v) is 9.52. The number of nitrogens with zero attached hydrogens (tertiary/aromatic N) is 2. The molecule has 0 saturated heterocycles. The minimum atomic E-state index is -3.89. The number of anilines is 1. The van der Waals surface area contributed by atoms with Gasteiger partial charge >= 0.3 is 0 Å². The number of aromatic hydroxyl groups is 1. The molecule has 7 rings (SSSR count). The first-order valence-electron chi connectivity index (χ1n) is 12.3. The molecule has 6 nitrogen and oxygen atoms in total. The number of hydrogen-bond donors (Lipinski definition) is 1. The molecule has 4 bridgehead atoms. The van der Waals surface area contributed by atoms with Crippen LogP contribution in [0.3, 0.4) is 0 Å². The van der Waals surface area contributed by atoms with Gasteiger partial charge in [-0.05, 0) is 98.2 Å². The molecular weight excluding hydrogens is 480 g/mol. The fraction of sp³-hybridized carbons (Fsp3) is 0.444. The zero-order chi connectivity index (χ0) is 24.2. The van der Waals surface area contributed by atoms with Crippen molar-refractivity contribution in [2.24, 2.45) is 17.8 Å². The third kappa shape index (κ3) is 4.10. The second kappa shape index (κ2) is 8.52. The molecule has 3 aromatic rings. The van der Waals surface area contributed by atoms with Crippen molar-refractivity contribution in [1.82, 2.24) is 4.98 Å². The minimum absolute atomic E-state index is 0.0315. The van der Waals surface area contributed by atoms with Crippen molar-refractivity contribution in [2.75, 3.05) is 11.4 Å². The summed E-state index contributed by atoms with van der Waals surface area (Å²) in [6.45, 7) is 0.168. The number of aromatic nitrogens is 1. The number of thiazole rings is 1. The van der Waals surface area contributed by atoms with Gasteiger partial charge in [0.15, 0.2) is 5.13 Å². The Balaban J connectivity index is 1.37. The Morgan fingerprint density at radius 3 is 2.17 bits per heavy atom. The van der Waals surface area contributed by atoms with Gasteiger partial charge in [0.2, 0.25) is 0 Å². The summed E-state index contributed by atoms with van der Waals surface area (Å²) in [6.07, 6.45) is 7.63. The van der Waals surface area contributed by atoms with E-state index in [-0.39, 0.29) is 22.6 Å². The number of methoxy groups -OCH3 is 1. The number of phenolic OH excluding ortho intramolecular Hbond substituents is 1. The van der Waals surface area contributed by atoms with E-state index >= 15 is 0 Å². The molecule has 0 atom stereocenters. The van der Waals surface area contributed by atoms with Gasteiger partial charge in [-0.15, -0.1) is 11.3 Å². The Morgan fingerprint density at radius 1 is 1.00 bits per heavy atom. The Labute approximate surface area is 210 Å². The monoisotopic (exact) mass is 510 g/mol. The van der Waals surface area contributed by atoms with E-state index in [0.717, 1.165) is 34.8 Å². The van der Waals surface area contributed by atoms with Crippen molar-refractivity contribution in [3.63, 3.8) is 0 Å². The van der Waals surface area contributed by atoms with Gasteiger partial charge in [-0.1, -0.05) is 12.1 Å². The summed E-state index contributed by atoms with van der Waals surface area (Å²) in [4.78, 5) is 5.17. The number of ether oxygens (including phenoxy) is 1. The lowest BCUT2D eigenvalue weighted by molar-refractivity contribution is -0.00689. The van der Waals surface area contributed by atoms with Crippen LogP contribution in [0.15, 0.2) is 58.8 Å².